The largest absolute Gasteiger partial charge is 0.550 e. The van der Waals surface area contributed by atoms with Gasteiger partial charge in [0.1, 0.15) is 0 Å². The Morgan fingerprint density at radius 3 is 0.889 bits per heavy atom. The molecule has 0 unspecified atom stereocenters. The van der Waals surface area contributed by atoms with E-state index in [-0.39, 0.29) is 0 Å². The molecule has 0 N–H and O–H groups in total. The van der Waals surface area contributed by atoms with Gasteiger partial charge in [-0.25, -0.2) is 0 Å². The smallest absolute Gasteiger partial charge is 0.0700 e. The van der Waals surface area contributed by atoms with Crippen molar-refractivity contribution in [1.29, 1.82) is 0 Å². The molecule has 0 aliphatic heterocycles. The van der Waals surface area contributed by atoms with Crippen molar-refractivity contribution in [1.82, 2.24) is 0 Å². The second kappa shape index (κ2) is 18.0. The van der Waals surface area contributed by atoms with Crippen molar-refractivity contribution in [3.8, 4) is 0 Å². The van der Waals surface area contributed by atoms with Gasteiger partial charge in [0, 0.05) is 19.9 Å². The van der Waals surface area contributed by atoms with Gasteiger partial charge in [0.05, 0.1) is 17.0 Å². The van der Waals surface area contributed by atoms with Crippen LogP contribution in [0.5, 0.6) is 0 Å². The number of hydrogen-bond donors (Lipinski definition) is 0. The monoisotopic (exact) mass is 402 g/mol. The number of carbonyl (C=O) groups excluding carboxylic acids is 1. The lowest BCUT2D eigenvalue weighted by Gasteiger charge is -2.44. The summed E-state index contributed by atoms with van der Waals surface area (Å²) in [5, 5.41) is 8.89. The Labute approximate surface area is 172 Å². The first-order chi connectivity index (χ1) is 12.8. The molecule has 0 rings (SSSR count). The first-order valence-corrected chi connectivity index (χ1v) is 14.3. The van der Waals surface area contributed by atoms with Gasteiger partial charge in [0.2, 0.25) is 0 Å². The van der Waals surface area contributed by atoms with Crippen molar-refractivity contribution in [2.24, 2.45) is 0 Å². The van der Waals surface area contributed by atoms with Crippen LogP contribution in [0.25, 0.3) is 0 Å². The number of hydrogen-bond acceptors (Lipinski definition) is 2. The minimum atomic E-state index is -1.08. The quantitative estimate of drug-likeness (QED) is 0.270. The molecule has 164 valence electrons. The van der Waals surface area contributed by atoms with Crippen LogP contribution in [-0.2, 0) is 4.79 Å². The highest BCUT2D eigenvalue weighted by Gasteiger charge is 2.51. The molecule has 0 fully saturated rings. The Kier molecular flexibility index (Phi) is 19.4. The van der Waals surface area contributed by atoms with Crippen molar-refractivity contribution in [3.05, 3.63) is 0 Å². The van der Waals surface area contributed by atoms with Crippen LogP contribution in [0.2, 0.25) is 0 Å². The molecule has 0 aliphatic rings. The van der Waals surface area contributed by atoms with Crippen molar-refractivity contribution >= 4 is 13.2 Å². The third kappa shape index (κ3) is 11.5. The molecule has 0 aromatic rings. The average molecular weight is 403 g/mol. The summed E-state index contributed by atoms with van der Waals surface area (Å²) in [6.07, 6.45) is 17.3. The van der Waals surface area contributed by atoms with Gasteiger partial charge in [-0.05, 0) is 45.4 Å². The molecule has 3 heteroatoms. The molecule has 0 heterocycles. The highest BCUT2D eigenvalue weighted by Crippen LogP contribution is 2.73. The van der Waals surface area contributed by atoms with Crippen molar-refractivity contribution in [3.63, 3.8) is 0 Å². The van der Waals surface area contributed by atoms with E-state index in [0.717, 1.165) is 23.9 Å². The van der Waals surface area contributed by atoms with Crippen LogP contribution < -0.4 is 5.11 Å². The van der Waals surface area contributed by atoms with E-state index in [9.17, 15) is 0 Å². The van der Waals surface area contributed by atoms with E-state index in [1.54, 1.807) is 0 Å². The van der Waals surface area contributed by atoms with E-state index in [4.69, 9.17) is 9.90 Å². The zero-order chi connectivity index (χ0) is 21.3. The van der Waals surface area contributed by atoms with Gasteiger partial charge >= 0.3 is 0 Å². The molecule has 0 aliphatic carbocycles. The molecule has 0 aromatic heterocycles. The minimum absolute atomic E-state index is 0.899. The third-order valence-electron chi connectivity index (χ3n) is 6.09. The summed E-state index contributed by atoms with van der Waals surface area (Å²) in [5.41, 5.74) is 3.14. The van der Waals surface area contributed by atoms with Crippen LogP contribution in [0.4, 0.5) is 0 Å². The molecular weight excluding hydrogens is 351 g/mol. The molecule has 0 spiro atoms. The lowest BCUT2D eigenvalue weighted by molar-refractivity contribution is -0.302. The van der Waals surface area contributed by atoms with E-state index in [2.05, 4.69) is 48.2 Å². The van der Waals surface area contributed by atoms with E-state index >= 15 is 0 Å². The van der Waals surface area contributed by atoms with E-state index in [0.29, 0.717) is 0 Å². The molecule has 0 radical (unpaired) electrons. The second-order valence-corrected chi connectivity index (χ2v) is 13.0. The number of carboxylic acid groups (broad SMARTS) is 1. The SMILES string of the molecule is CC(=O)[O-].CCCC(CCC)[P+](C)(C(CCC)CCC)C(CCC)CCC. The third-order valence-corrected chi connectivity index (χ3v) is 12.4. The van der Waals surface area contributed by atoms with Crippen molar-refractivity contribution in [2.75, 3.05) is 6.66 Å². The molecular formula is C24H51O2P. The van der Waals surface area contributed by atoms with E-state index < -0.39 is 13.2 Å². The zero-order valence-electron chi connectivity index (χ0n) is 20.0. The summed E-state index contributed by atoms with van der Waals surface area (Å²) in [6.45, 7) is 18.3. The van der Waals surface area contributed by atoms with Gasteiger partial charge in [0.15, 0.2) is 0 Å². The standard InChI is InChI=1S/C22H48P.C2H4O2/c1-8-14-20(15-9-2)23(7,21(16-10-3)17-11-4)22(18-12-5)19-13-6;1-2(3)4/h20-22H,8-19H2,1-7H3;1H3,(H,3,4)/q+1;/p-1. The van der Waals surface area contributed by atoms with Gasteiger partial charge < -0.3 is 9.90 Å². The first kappa shape index (κ1) is 29.1. The molecule has 0 amide bonds. The molecule has 27 heavy (non-hydrogen) atoms. The highest BCUT2D eigenvalue weighted by atomic mass is 31.2. The fraction of sp³-hybridized carbons (Fsp3) is 0.958. The summed E-state index contributed by atoms with van der Waals surface area (Å²) < 4.78 is 0. The fourth-order valence-corrected chi connectivity index (χ4v) is 11.7. The summed E-state index contributed by atoms with van der Waals surface area (Å²) in [5.74, 6) is -1.08. The maximum Gasteiger partial charge on any atom is 0.0700 e. The molecule has 0 bridgehead atoms. The van der Waals surface area contributed by atoms with Crippen molar-refractivity contribution in [2.45, 2.75) is 142 Å². The van der Waals surface area contributed by atoms with E-state index in [1.165, 1.54) is 77.0 Å². The highest BCUT2D eigenvalue weighted by molar-refractivity contribution is 7.77. The predicted octanol–water partition coefficient (Wildman–Crippen LogP) is 7.30. The second-order valence-electron chi connectivity index (χ2n) is 8.41. The minimum Gasteiger partial charge on any atom is -0.550 e. The van der Waals surface area contributed by atoms with Crippen LogP contribution in [0.15, 0.2) is 0 Å². The van der Waals surface area contributed by atoms with Crippen molar-refractivity contribution < 1.29 is 9.90 Å². The molecule has 0 saturated heterocycles. The van der Waals surface area contributed by atoms with Crippen LogP contribution >= 0.6 is 7.26 Å². The van der Waals surface area contributed by atoms with E-state index in [1.807, 2.05) is 0 Å². The molecule has 0 atom stereocenters. The first-order valence-electron chi connectivity index (χ1n) is 11.8. The number of carbonyl (C=O) groups is 1. The summed E-state index contributed by atoms with van der Waals surface area (Å²) in [7, 11) is -0.899. The zero-order valence-corrected chi connectivity index (χ0v) is 20.9. The number of carboxylic acids is 1. The van der Waals surface area contributed by atoms with Crippen LogP contribution in [0.1, 0.15) is 126 Å². The Bertz CT molecular complexity index is 280. The van der Waals surface area contributed by atoms with Gasteiger partial charge in [-0.15, -0.1) is 0 Å². The summed E-state index contributed by atoms with van der Waals surface area (Å²) in [4.78, 5) is 8.89. The Balaban J connectivity index is 0. The summed E-state index contributed by atoms with van der Waals surface area (Å²) >= 11 is 0. The fourth-order valence-electron chi connectivity index (χ4n) is 5.00. The Morgan fingerprint density at radius 1 is 0.630 bits per heavy atom. The van der Waals surface area contributed by atoms with Crippen LogP contribution in [0.3, 0.4) is 0 Å². The molecule has 2 nitrogen and oxygen atoms in total. The summed E-state index contributed by atoms with van der Waals surface area (Å²) in [6, 6.07) is 0. The van der Waals surface area contributed by atoms with Gasteiger partial charge in [-0.1, -0.05) is 80.1 Å². The lowest BCUT2D eigenvalue weighted by Crippen LogP contribution is -2.32. The lowest BCUT2D eigenvalue weighted by atomic mass is 10.1. The predicted molar refractivity (Wildman–Crippen MR) is 124 cm³/mol. The van der Waals surface area contributed by atoms with Crippen LogP contribution in [-0.4, -0.2) is 29.6 Å². The van der Waals surface area contributed by atoms with Gasteiger partial charge in [0.25, 0.3) is 0 Å². The Morgan fingerprint density at radius 2 is 0.778 bits per heavy atom. The number of aliphatic carboxylic acids is 1. The maximum atomic E-state index is 8.89. The molecule has 0 saturated carbocycles. The molecule has 0 aromatic carbocycles. The number of rotatable bonds is 15. The maximum absolute atomic E-state index is 8.89. The van der Waals surface area contributed by atoms with Gasteiger partial charge in [-0.3, -0.25) is 0 Å². The average Bonchev–Trinajstić information content (AvgIpc) is 2.60. The topological polar surface area (TPSA) is 40.1 Å². The normalized spacial score (nSPS) is 11.8. The van der Waals surface area contributed by atoms with Crippen LogP contribution in [0, 0.1) is 0 Å². The van der Waals surface area contributed by atoms with Gasteiger partial charge in [-0.2, -0.15) is 0 Å². The Hall–Kier alpha value is -0.100.